The molecular formula is C23H28F3N3O4S. The summed E-state index contributed by atoms with van der Waals surface area (Å²) in [5, 5.41) is 2.66. The fraction of sp³-hybridized carbons (Fsp3) is 0.478. The van der Waals surface area contributed by atoms with Crippen LogP contribution >= 0.6 is 11.3 Å². The van der Waals surface area contributed by atoms with Gasteiger partial charge in [0, 0.05) is 69.8 Å². The van der Waals surface area contributed by atoms with Gasteiger partial charge in [-0.1, -0.05) is 18.2 Å². The summed E-state index contributed by atoms with van der Waals surface area (Å²) in [6.07, 6.45) is -3.59. The fourth-order valence-corrected chi connectivity index (χ4v) is 4.59. The summed E-state index contributed by atoms with van der Waals surface area (Å²) in [5.74, 6) is -0.544. The highest BCUT2D eigenvalue weighted by molar-refractivity contribution is 7.14. The number of carbonyl (C=O) groups is 2. The van der Waals surface area contributed by atoms with Crippen LogP contribution in [-0.2, 0) is 22.6 Å². The molecule has 3 rings (SSSR count). The van der Waals surface area contributed by atoms with E-state index in [1.54, 1.807) is 19.2 Å². The lowest BCUT2D eigenvalue weighted by molar-refractivity contribution is -0.274. The van der Waals surface area contributed by atoms with E-state index in [0.717, 1.165) is 24.4 Å². The summed E-state index contributed by atoms with van der Waals surface area (Å²) in [6.45, 7) is 4.02. The Kier molecular flexibility index (Phi) is 9.31. The minimum Gasteiger partial charge on any atom is -0.405 e. The number of amides is 2. The van der Waals surface area contributed by atoms with Crippen LogP contribution in [0.2, 0.25) is 0 Å². The van der Waals surface area contributed by atoms with Crippen LogP contribution in [0.25, 0.3) is 0 Å². The number of benzene rings is 1. The summed E-state index contributed by atoms with van der Waals surface area (Å²) in [5.41, 5.74) is 0.236. The molecule has 7 nitrogen and oxygen atoms in total. The van der Waals surface area contributed by atoms with Gasteiger partial charge in [-0.2, -0.15) is 0 Å². The van der Waals surface area contributed by atoms with Gasteiger partial charge in [0.15, 0.2) is 0 Å². The van der Waals surface area contributed by atoms with E-state index in [4.69, 9.17) is 4.74 Å². The maximum atomic E-state index is 12.6. The number of methoxy groups -OCH3 is 1. The molecule has 0 aliphatic carbocycles. The number of carbonyl (C=O) groups excluding carboxylic acids is 2. The predicted octanol–water partition coefficient (Wildman–Crippen LogP) is 3.65. The first-order valence-corrected chi connectivity index (χ1v) is 11.8. The number of nitrogens with one attached hydrogen (secondary N) is 1. The molecule has 1 fully saturated rings. The van der Waals surface area contributed by atoms with Crippen LogP contribution in [0.15, 0.2) is 36.4 Å². The molecule has 34 heavy (non-hydrogen) atoms. The van der Waals surface area contributed by atoms with Crippen LogP contribution < -0.4 is 10.1 Å². The normalized spacial score (nSPS) is 14.8. The number of piperazine rings is 1. The zero-order valence-electron chi connectivity index (χ0n) is 18.9. The Balaban J connectivity index is 1.46. The van der Waals surface area contributed by atoms with Crippen molar-refractivity contribution in [2.24, 2.45) is 0 Å². The monoisotopic (exact) mass is 499 g/mol. The van der Waals surface area contributed by atoms with E-state index >= 15 is 0 Å². The Bertz CT molecular complexity index is 959. The van der Waals surface area contributed by atoms with Crippen molar-refractivity contribution in [3.63, 3.8) is 0 Å². The number of ether oxygens (including phenoxy) is 2. The first-order valence-electron chi connectivity index (χ1n) is 10.9. The highest BCUT2D eigenvalue weighted by Gasteiger charge is 2.32. The number of para-hydroxylation sites is 1. The molecule has 0 unspecified atom stereocenters. The molecule has 0 spiro atoms. The van der Waals surface area contributed by atoms with Crippen LogP contribution in [0.3, 0.4) is 0 Å². The molecule has 0 bridgehead atoms. The maximum Gasteiger partial charge on any atom is 0.573 e. The van der Waals surface area contributed by atoms with Crippen molar-refractivity contribution in [1.82, 2.24) is 15.1 Å². The highest BCUT2D eigenvalue weighted by atomic mass is 32.1. The van der Waals surface area contributed by atoms with E-state index in [-0.39, 0.29) is 29.7 Å². The van der Waals surface area contributed by atoms with E-state index in [0.29, 0.717) is 37.5 Å². The Hall–Kier alpha value is -2.63. The smallest absolute Gasteiger partial charge is 0.405 e. The van der Waals surface area contributed by atoms with E-state index < -0.39 is 6.36 Å². The molecule has 1 N–H and O–H groups in total. The molecule has 0 saturated carbocycles. The van der Waals surface area contributed by atoms with Crippen molar-refractivity contribution in [3.8, 4) is 5.75 Å². The lowest BCUT2D eigenvalue weighted by atomic mass is 10.2. The molecule has 2 heterocycles. The van der Waals surface area contributed by atoms with Crippen LogP contribution in [0.4, 0.5) is 13.2 Å². The number of alkyl halides is 3. The largest absolute Gasteiger partial charge is 0.573 e. The lowest BCUT2D eigenvalue weighted by Crippen LogP contribution is -2.48. The maximum absolute atomic E-state index is 12.6. The third-order valence-corrected chi connectivity index (χ3v) is 6.44. The van der Waals surface area contributed by atoms with Crippen LogP contribution in [0.1, 0.15) is 33.0 Å². The molecule has 1 aromatic carbocycles. The number of thiophene rings is 1. The van der Waals surface area contributed by atoms with Crippen molar-refractivity contribution in [2.45, 2.75) is 32.3 Å². The van der Waals surface area contributed by atoms with Crippen molar-refractivity contribution in [2.75, 3.05) is 39.9 Å². The fourth-order valence-electron chi connectivity index (χ4n) is 3.62. The summed E-state index contributed by atoms with van der Waals surface area (Å²) >= 11 is 1.35. The summed E-state index contributed by atoms with van der Waals surface area (Å²) < 4.78 is 46.7. The van der Waals surface area contributed by atoms with Gasteiger partial charge >= 0.3 is 6.36 Å². The first kappa shape index (κ1) is 26.0. The minimum absolute atomic E-state index is 0.0846. The topological polar surface area (TPSA) is 71.1 Å². The molecule has 2 amide bonds. The predicted molar refractivity (Wildman–Crippen MR) is 122 cm³/mol. The second-order valence-corrected chi connectivity index (χ2v) is 9.03. The molecule has 1 aliphatic heterocycles. The molecule has 0 radical (unpaired) electrons. The molecular weight excluding hydrogens is 471 g/mol. The zero-order valence-corrected chi connectivity index (χ0v) is 19.7. The number of rotatable bonds is 10. The zero-order chi connectivity index (χ0) is 24.6. The van der Waals surface area contributed by atoms with Gasteiger partial charge < -0.3 is 19.7 Å². The Morgan fingerprint density at radius 3 is 2.53 bits per heavy atom. The van der Waals surface area contributed by atoms with Crippen LogP contribution in [0.5, 0.6) is 5.75 Å². The third kappa shape index (κ3) is 8.00. The SMILES string of the molecule is COCCCC(=O)N1CCN(Cc2ccc(C(=O)NCc3ccccc3OC(F)(F)F)s2)CC1. The third-order valence-electron chi connectivity index (χ3n) is 5.37. The summed E-state index contributed by atoms with van der Waals surface area (Å²) in [4.78, 5) is 30.3. The van der Waals surface area contributed by atoms with Crippen LogP contribution in [0, 0.1) is 0 Å². The summed E-state index contributed by atoms with van der Waals surface area (Å²) in [6, 6.07) is 9.30. The van der Waals surface area contributed by atoms with Crippen molar-refractivity contribution in [1.29, 1.82) is 0 Å². The quantitative estimate of drug-likeness (QED) is 0.506. The molecule has 186 valence electrons. The number of hydrogen-bond acceptors (Lipinski definition) is 6. The number of hydrogen-bond donors (Lipinski definition) is 1. The molecule has 1 aromatic heterocycles. The van der Waals surface area contributed by atoms with Gasteiger partial charge in [-0.15, -0.1) is 24.5 Å². The minimum atomic E-state index is -4.80. The van der Waals surface area contributed by atoms with Gasteiger partial charge in [0.05, 0.1) is 4.88 Å². The van der Waals surface area contributed by atoms with Crippen LogP contribution in [-0.4, -0.2) is 67.9 Å². The van der Waals surface area contributed by atoms with Gasteiger partial charge in [0.1, 0.15) is 5.75 Å². The number of nitrogens with zero attached hydrogens (tertiary/aromatic N) is 2. The average Bonchev–Trinajstić information content (AvgIpc) is 3.26. The Labute approximate surface area is 200 Å². The van der Waals surface area contributed by atoms with E-state index in [2.05, 4.69) is 15.0 Å². The molecule has 2 aromatic rings. The summed E-state index contributed by atoms with van der Waals surface area (Å²) in [7, 11) is 1.62. The second-order valence-electron chi connectivity index (χ2n) is 7.86. The lowest BCUT2D eigenvalue weighted by Gasteiger charge is -2.34. The highest BCUT2D eigenvalue weighted by Crippen LogP contribution is 2.26. The van der Waals surface area contributed by atoms with Gasteiger partial charge in [0.25, 0.3) is 5.91 Å². The van der Waals surface area contributed by atoms with Gasteiger partial charge in [-0.25, -0.2) is 0 Å². The molecule has 0 atom stereocenters. The Morgan fingerprint density at radius 2 is 1.82 bits per heavy atom. The second kappa shape index (κ2) is 12.2. The Morgan fingerprint density at radius 1 is 1.09 bits per heavy atom. The molecule has 1 saturated heterocycles. The van der Waals surface area contributed by atoms with Crippen molar-refractivity contribution in [3.05, 3.63) is 51.7 Å². The van der Waals surface area contributed by atoms with Gasteiger partial charge in [0.2, 0.25) is 5.91 Å². The standard InChI is InChI=1S/C23H28F3N3O4S/c1-32-14-4-7-21(30)29-12-10-28(11-13-29)16-18-8-9-20(34-18)22(31)27-15-17-5-2-3-6-19(17)33-23(24,25)26/h2-3,5-6,8-9H,4,7,10-16H2,1H3,(H,27,31). The first-order chi connectivity index (χ1) is 16.2. The van der Waals surface area contributed by atoms with Crippen molar-refractivity contribution < 1.29 is 32.2 Å². The number of halogens is 3. The average molecular weight is 500 g/mol. The van der Waals surface area contributed by atoms with Crippen molar-refractivity contribution >= 4 is 23.2 Å². The van der Waals surface area contributed by atoms with E-state index in [1.807, 2.05) is 11.0 Å². The molecule has 11 heteroatoms. The van der Waals surface area contributed by atoms with Gasteiger partial charge in [-0.3, -0.25) is 14.5 Å². The van der Waals surface area contributed by atoms with E-state index in [1.165, 1.54) is 29.5 Å². The molecule has 1 aliphatic rings. The van der Waals surface area contributed by atoms with E-state index in [9.17, 15) is 22.8 Å². The van der Waals surface area contributed by atoms with Gasteiger partial charge in [-0.05, 0) is 24.6 Å².